The van der Waals surface area contributed by atoms with Crippen LogP contribution in [0.1, 0.15) is 101 Å². The highest BCUT2D eigenvalue weighted by molar-refractivity contribution is 5.66. The van der Waals surface area contributed by atoms with E-state index in [0.717, 1.165) is 30.4 Å². The topological polar surface area (TPSA) is 105 Å². The molecule has 1 saturated heterocycles. The van der Waals surface area contributed by atoms with Crippen molar-refractivity contribution >= 4 is 5.97 Å². The largest absolute Gasteiger partial charge is 0.504 e. The van der Waals surface area contributed by atoms with Crippen molar-refractivity contribution in [3.8, 4) is 11.5 Å². The van der Waals surface area contributed by atoms with E-state index < -0.39 is 36.7 Å². The summed E-state index contributed by atoms with van der Waals surface area (Å²) in [7, 11) is 0. The van der Waals surface area contributed by atoms with E-state index in [1.165, 1.54) is 23.6 Å². The quantitative estimate of drug-likeness (QED) is 0.422. The molecule has 0 saturated carbocycles. The highest BCUT2D eigenvalue weighted by Gasteiger charge is 2.48. The van der Waals surface area contributed by atoms with Crippen molar-refractivity contribution in [3.05, 3.63) is 33.9 Å². The Bertz CT molecular complexity index is 1010. The summed E-state index contributed by atoms with van der Waals surface area (Å²) in [5.74, 6) is 1.02. The molecule has 3 aliphatic rings. The standard InChI is InChI=1S/C28H40O7/c1-12(2)10-18-11-14(4)19-9-8-13(3)20-22(19)21(18)15(5)23(30)26(20)35-28-27(34-17(7)29)25(32)24(31)16(6)33-28/h10,13-14,16,18-19,24-25,27-28,30-32H,8-9,11H2,1-7H3/t13-,14-,16-,18+,19?,24+,25+,27+,28-/m0/s1. The highest BCUT2D eigenvalue weighted by Crippen LogP contribution is 2.58. The van der Waals surface area contributed by atoms with Crippen LogP contribution in [0.15, 0.2) is 11.6 Å². The Balaban J connectivity index is 1.86. The van der Waals surface area contributed by atoms with E-state index in [-0.39, 0.29) is 17.6 Å². The summed E-state index contributed by atoms with van der Waals surface area (Å²) in [6, 6.07) is 0. The second-order valence-electron chi connectivity index (χ2n) is 11.1. The molecule has 2 aliphatic carbocycles. The molecule has 1 aliphatic heterocycles. The zero-order valence-corrected chi connectivity index (χ0v) is 21.9. The molecular formula is C28H40O7. The van der Waals surface area contributed by atoms with Crippen LogP contribution in [0, 0.1) is 12.8 Å². The first-order valence-corrected chi connectivity index (χ1v) is 12.8. The number of aromatic hydroxyl groups is 1. The summed E-state index contributed by atoms with van der Waals surface area (Å²) < 4.78 is 17.5. The van der Waals surface area contributed by atoms with E-state index in [1.54, 1.807) is 6.92 Å². The van der Waals surface area contributed by atoms with Crippen molar-refractivity contribution < 1.29 is 34.3 Å². The molecule has 1 fully saturated rings. The first-order chi connectivity index (χ1) is 16.4. The highest BCUT2D eigenvalue weighted by atomic mass is 16.7. The van der Waals surface area contributed by atoms with Gasteiger partial charge >= 0.3 is 5.97 Å². The van der Waals surface area contributed by atoms with E-state index in [0.29, 0.717) is 17.6 Å². The summed E-state index contributed by atoms with van der Waals surface area (Å²) in [5, 5.41) is 32.4. The van der Waals surface area contributed by atoms with E-state index >= 15 is 0 Å². The molecule has 0 radical (unpaired) electrons. The molecule has 1 heterocycles. The van der Waals surface area contributed by atoms with Gasteiger partial charge in [0.05, 0.1) is 6.10 Å². The van der Waals surface area contributed by atoms with Gasteiger partial charge in [-0.15, -0.1) is 0 Å². The minimum atomic E-state index is -1.38. The van der Waals surface area contributed by atoms with Crippen molar-refractivity contribution in [2.24, 2.45) is 5.92 Å². The van der Waals surface area contributed by atoms with Crippen LogP contribution >= 0.6 is 0 Å². The van der Waals surface area contributed by atoms with Gasteiger partial charge in [-0.1, -0.05) is 25.5 Å². The second kappa shape index (κ2) is 9.75. The molecule has 0 aromatic heterocycles. The van der Waals surface area contributed by atoms with Gasteiger partial charge in [-0.05, 0) is 81.4 Å². The van der Waals surface area contributed by atoms with Gasteiger partial charge in [-0.2, -0.15) is 0 Å². The van der Waals surface area contributed by atoms with Crippen LogP contribution in [0.25, 0.3) is 0 Å². The van der Waals surface area contributed by atoms with E-state index in [1.807, 2.05) is 6.92 Å². The van der Waals surface area contributed by atoms with Gasteiger partial charge in [0.1, 0.15) is 12.2 Å². The Morgan fingerprint density at radius 2 is 1.71 bits per heavy atom. The van der Waals surface area contributed by atoms with Crippen LogP contribution in [0.5, 0.6) is 11.5 Å². The Morgan fingerprint density at radius 1 is 1.03 bits per heavy atom. The predicted octanol–water partition coefficient (Wildman–Crippen LogP) is 4.55. The number of aliphatic hydroxyl groups is 2. The van der Waals surface area contributed by atoms with Crippen LogP contribution < -0.4 is 4.74 Å². The number of aliphatic hydroxyl groups excluding tert-OH is 2. The monoisotopic (exact) mass is 488 g/mol. The van der Waals surface area contributed by atoms with Gasteiger partial charge in [-0.3, -0.25) is 4.79 Å². The van der Waals surface area contributed by atoms with Gasteiger partial charge < -0.3 is 29.5 Å². The number of benzene rings is 1. The van der Waals surface area contributed by atoms with Crippen molar-refractivity contribution in [2.45, 2.75) is 116 Å². The molecule has 35 heavy (non-hydrogen) atoms. The average molecular weight is 489 g/mol. The lowest BCUT2D eigenvalue weighted by atomic mass is 9.62. The number of allylic oxidation sites excluding steroid dienone is 2. The molecule has 9 atom stereocenters. The third-order valence-electron chi connectivity index (χ3n) is 8.11. The van der Waals surface area contributed by atoms with Crippen LogP contribution in [0.4, 0.5) is 0 Å². The van der Waals surface area contributed by atoms with E-state index in [4.69, 9.17) is 14.2 Å². The van der Waals surface area contributed by atoms with Crippen molar-refractivity contribution in [1.82, 2.24) is 0 Å². The number of phenolic OH excluding ortho intramolecular Hbond substituents is 1. The predicted molar refractivity (Wildman–Crippen MR) is 132 cm³/mol. The molecule has 1 unspecified atom stereocenters. The lowest BCUT2D eigenvalue weighted by molar-refractivity contribution is -0.273. The maximum atomic E-state index is 11.8. The number of hydrogen-bond acceptors (Lipinski definition) is 7. The van der Waals surface area contributed by atoms with Gasteiger partial charge in [0.25, 0.3) is 0 Å². The summed E-state index contributed by atoms with van der Waals surface area (Å²) in [6.07, 6.45) is -0.347. The zero-order valence-electron chi connectivity index (χ0n) is 21.9. The fourth-order valence-electron chi connectivity index (χ4n) is 6.43. The van der Waals surface area contributed by atoms with Gasteiger partial charge in [0.2, 0.25) is 6.29 Å². The third-order valence-corrected chi connectivity index (χ3v) is 8.11. The molecule has 1 aromatic carbocycles. The number of ether oxygens (including phenoxy) is 3. The number of hydrogen-bond donors (Lipinski definition) is 3. The smallest absolute Gasteiger partial charge is 0.303 e. The Morgan fingerprint density at radius 3 is 2.34 bits per heavy atom. The summed E-state index contributed by atoms with van der Waals surface area (Å²) in [5.41, 5.74) is 5.49. The fourth-order valence-corrected chi connectivity index (χ4v) is 6.43. The maximum absolute atomic E-state index is 11.8. The van der Waals surface area contributed by atoms with Crippen LogP contribution in [0.3, 0.4) is 0 Å². The number of phenols is 1. The van der Waals surface area contributed by atoms with Crippen molar-refractivity contribution in [1.29, 1.82) is 0 Å². The summed E-state index contributed by atoms with van der Waals surface area (Å²) >= 11 is 0. The molecule has 4 rings (SSSR count). The number of rotatable bonds is 4. The lowest BCUT2D eigenvalue weighted by Gasteiger charge is -2.45. The number of carbonyl (C=O) groups excluding carboxylic acids is 1. The minimum Gasteiger partial charge on any atom is -0.504 e. The van der Waals surface area contributed by atoms with Gasteiger partial charge in [0.15, 0.2) is 17.6 Å². The van der Waals surface area contributed by atoms with Crippen molar-refractivity contribution in [2.75, 3.05) is 0 Å². The Hall–Kier alpha value is -2.09. The Kier molecular flexibility index (Phi) is 7.24. The minimum absolute atomic E-state index is 0.0615. The molecule has 0 spiro atoms. The molecular weight excluding hydrogens is 448 g/mol. The first kappa shape index (κ1) is 26.0. The molecule has 0 amide bonds. The van der Waals surface area contributed by atoms with Crippen molar-refractivity contribution in [3.63, 3.8) is 0 Å². The summed E-state index contributed by atoms with van der Waals surface area (Å²) in [4.78, 5) is 11.8. The normalized spacial score (nSPS) is 36.2. The Labute approximate surface area is 208 Å². The fraction of sp³-hybridized carbons (Fsp3) is 0.679. The van der Waals surface area contributed by atoms with Crippen LogP contribution in [-0.4, -0.2) is 52.0 Å². The third kappa shape index (κ3) is 4.58. The second-order valence-corrected chi connectivity index (χ2v) is 11.1. The molecule has 194 valence electrons. The lowest BCUT2D eigenvalue weighted by Crippen LogP contribution is -2.59. The molecule has 3 N–H and O–H groups in total. The van der Waals surface area contributed by atoms with Gasteiger partial charge in [-0.25, -0.2) is 0 Å². The van der Waals surface area contributed by atoms with Crippen LogP contribution in [-0.2, 0) is 14.3 Å². The zero-order chi connectivity index (χ0) is 25.8. The molecule has 7 nitrogen and oxygen atoms in total. The summed E-state index contributed by atoms with van der Waals surface area (Å²) in [6.45, 7) is 13.5. The SMILES string of the molecule is CC(=O)O[C@H]1[C@H](Oc2c(O)c(C)c3c4c2[C@@H](C)CCC4[C@@H](C)C[C@H]3C=C(C)C)O[C@@H](C)[C@@H](O)[C@H]1O. The molecule has 0 bridgehead atoms. The number of carbonyl (C=O) groups is 1. The maximum Gasteiger partial charge on any atom is 0.303 e. The molecule has 7 heteroatoms. The van der Waals surface area contributed by atoms with Crippen LogP contribution in [0.2, 0.25) is 0 Å². The average Bonchev–Trinajstić information content (AvgIpc) is 2.77. The molecule has 1 aromatic rings. The first-order valence-electron chi connectivity index (χ1n) is 12.8. The number of esters is 1. The van der Waals surface area contributed by atoms with Gasteiger partial charge in [0, 0.05) is 18.4 Å². The van der Waals surface area contributed by atoms with E-state index in [9.17, 15) is 20.1 Å². The van der Waals surface area contributed by atoms with E-state index in [2.05, 4.69) is 33.8 Å².